The Balaban J connectivity index is 1.97. The molecule has 0 aromatic heterocycles. The lowest BCUT2D eigenvalue weighted by Gasteiger charge is -2.10. The zero-order valence-electron chi connectivity index (χ0n) is 11.0. The maximum atomic E-state index is 12.0. The second-order valence-electron chi connectivity index (χ2n) is 4.53. The SMILES string of the molecule is Nc1ccc(CCC(=O)Nc2c(Cl)cc(Cl)cc2Cl)cc1. The molecule has 0 bridgehead atoms. The van der Waals surface area contributed by atoms with Gasteiger partial charge in [-0.15, -0.1) is 0 Å². The molecule has 2 aromatic carbocycles. The van der Waals surface area contributed by atoms with Gasteiger partial charge in [-0.25, -0.2) is 0 Å². The first kappa shape index (κ1) is 16.0. The molecule has 0 spiro atoms. The van der Waals surface area contributed by atoms with E-state index in [1.165, 1.54) is 12.1 Å². The van der Waals surface area contributed by atoms with Gasteiger partial charge < -0.3 is 11.1 Å². The third kappa shape index (κ3) is 4.53. The average Bonchev–Trinajstić information content (AvgIpc) is 2.42. The minimum Gasteiger partial charge on any atom is -0.399 e. The summed E-state index contributed by atoms with van der Waals surface area (Å²) in [5, 5.41) is 3.75. The number of halogens is 3. The number of carbonyl (C=O) groups excluding carboxylic acids is 1. The maximum absolute atomic E-state index is 12.0. The minimum absolute atomic E-state index is 0.169. The summed E-state index contributed by atoms with van der Waals surface area (Å²) in [4.78, 5) is 12.0. The van der Waals surface area contributed by atoms with Crippen LogP contribution in [-0.2, 0) is 11.2 Å². The number of nitrogen functional groups attached to an aromatic ring is 1. The van der Waals surface area contributed by atoms with E-state index in [2.05, 4.69) is 5.32 Å². The highest BCUT2D eigenvalue weighted by atomic mass is 35.5. The zero-order chi connectivity index (χ0) is 15.4. The number of anilines is 2. The third-order valence-corrected chi connectivity index (χ3v) is 3.71. The van der Waals surface area contributed by atoms with Gasteiger partial charge in [-0.1, -0.05) is 46.9 Å². The summed E-state index contributed by atoms with van der Waals surface area (Å²) in [5.74, 6) is -0.169. The number of rotatable bonds is 4. The molecule has 0 unspecified atom stereocenters. The largest absolute Gasteiger partial charge is 0.399 e. The van der Waals surface area contributed by atoms with Crippen molar-refractivity contribution in [2.75, 3.05) is 11.1 Å². The lowest BCUT2D eigenvalue weighted by molar-refractivity contribution is -0.116. The van der Waals surface area contributed by atoms with Crippen LogP contribution in [0.15, 0.2) is 36.4 Å². The number of nitrogens with two attached hydrogens (primary N) is 1. The Bertz CT molecular complexity index is 633. The van der Waals surface area contributed by atoms with Crippen LogP contribution in [0.3, 0.4) is 0 Å². The van der Waals surface area contributed by atoms with Crippen molar-refractivity contribution >= 4 is 52.1 Å². The van der Waals surface area contributed by atoms with Crippen LogP contribution in [-0.4, -0.2) is 5.91 Å². The van der Waals surface area contributed by atoms with Crippen molar-refractivity contribution in [3.8, 4) is 0 Å². The number of carbonyl (C=O) groups is 1. The van der Waals surface area contributed by atoms with Gasteiger partial charge in [0.15, 0.2) is 0 Å². The summed E-state index contributed by atoms with van der Waals surface area (Å²) >= 11 is 17.9. The van der Waals surface area contributed by atoms with Crippen LogP contribution in [0.2, 0.25) is 15.1 Å². The van der Waals surface area contributed by atoms with E-state index in [1.807, 2.05) is 12.1 Å². The lowest BCUT2D eigenvalue weighted by Crippen LogP contribution is -2.13. The second kappa shape index (κ2) is 7.03. The Morgan fingerprint density at radius 1 is 1.05 bits per heavy atom. The van der Waals surface area contributed by atoms with E-state index in [1.54, 1.807) is 12.1 Å². The smallest absolute Gasteiger partial charge is 0.224 e. The van der Waals surface area contributed by atoms with Gasteiger partial charge >= 0.3 is 0 Å². The van der Waals surface area contributed by atoms with Crippen molar-refractivity contribution in [3.63, 3.8) is 0 Å². The van der Waals surface area contributed by atoms with Crippen LogP contribution in [0.4, 0.5) is 11.4 Å². The Hall–Kier alpha value is -1.42. The molecule has 3 N–H and O–H groups in total. The third-order valence-electron chi connectivity index (χ3n) is 2.89. The van der Waals surface area contributed by atoms with Gasteiger partial charge in [-0.2, -0.15) is 0 Å². The van der Waals surface area contributed by atoms with Crippen LogP contribution in [0, 0.1) is 0 Å². The van der Waals surface area contributed by atoms with E-state index in [0.717, 1.165) is 5.56 Å². The van der Waals surface area contributed by atoms with Crippen molar-refractivity contribution < 1.29 is 4.79 Å². The molecular weight excluding hydrogens is 331 g/mol. The first-order valence-electron chi connectivity index (χ1n) is 6.24. The average molecular weight is 344 g/mol. The monoisotopic (exact) mass is 342 g/mol. The van der Waals surface area contributed by atoms with E-state index >= 15 is 0 Å². The molecule has 0 aliphatic carbocycles. The molecule has 2 rings (SSSR count). The molecule has 6 heteroatoms. The molecule has 0 atom stereocenters. The molecule has 0 aliphatic rings. The first-order valence-corrected chi connectivity index (χ1v) is 7.38. The van der Waals surface area contributed by atoms with Crippen molar-refractivity contribution in [2.24, 2.45) is 0 Å². The molecule has 2 aromatic rings. The predicted octanol–water partition coefficient (Wildman–Crippen LogP) is 4.80. The van der Waals surface area contributed by atoms with Gasteiger partial charge in [0.1, 0.15) is 0 Å². The van der Waals surface area contributed by atoms with Crippen molar-refractivity contribution in [3.05, 3.63) is 57.0 Å². The van der Waals surface area contributed by atoms with Crippen LogP contribution < -0.4 is 11.1 Å². The van der Waals surface area contributed by atoms with Crippen LogP contribution in [0.5, 0.6) is 0 Å². The number of aryl methyl sites for hydroxylation is 1. The molecule has 0 fully saturated rings. The first-order chi connectivity index (χ1) is 9.95. The summed E-state index contributed by atoms with van der Waals surface area (Å²) in [6.45, 7) is 0. The standard InChI is InChI=1S/C15H13Cl3N2O/c16-10-7-12(17)15(13(18)8-10)20-14(21)6-3-9-1-4-11(19)5-2-9/h1-2,4-5,7-8H,3,6,19H2,(H,20,21). The number of benzene rings is 2. The van der Waals surface area contributed by atoms with Crippen molar-refractivity contribution in [1.29, 1.82) is 0 Å². The summed E-state index contributed by atoms with van der Waals surface area (Å²) in [7, 11) is 0. The molecule has 0 saturated carbocycles. The molecule has 1 amide bonds. The van der Waals surface area contributed by atoms with Crippen LogP contribution in [0.25, 0.3) is 0 Å². The molecule has 110 valence electrons. The Morgan fingerprint density at radius 2 is 1.62 bits per heavy atom. The van der Waals surface area contributed by atoms with Gasteiger partial charge in [-0.05, 0) is 36.2 Å². The van der Waals surface area contributed by atoms with E-state index in [0.29, 0.717) is 39.3 Å². The normalized spacial score (nSPS) is 10.4. The highest BCUT2D eigenvalue weighted by Crippen LogP contribution is 2.33. The fraction of sp³-hybridized carbons (Fsp3) is 0.133. The van der Waals surface area contributed by atoms with Crippen molar-refractivity contribution in [2.45, 2.75) is 12.8 Å². The Morgan fingerprint density at radius 3 is 2.19 bits per heavy atom. The summed E-state index contributed by atoms with van der Waals surface area (Å²) in [6.07, 6.45) is 0.925. The summed E-state index contributed by atoms with van der Waals surface area (Å²) in [6, 6.07) is 10.5. The molecule has 0 aliphatic heterocycles. The molecule has 0 heterocycles. The van der Waals surface area contributed by atoms with E-state index in [9.17, 15) is 4.79 Å². The number of nitrogens with one attached hydrogen (secondary N) is 1. The van der Waals surface area contributed by atoms with Gasteiger partial charge in [0, 0.05) is 17.1 Å². The molecule has 0 saturated heterocycles. The summed E-state index contributed by atoms with van der Waals surface area (Å²) < 4.78 is 0. The summed E-state index contributed by atoms with van der Waals surface area (Å²) in [5.41, 5.74) is 7.72. The number of hydrogen-bond acceptors (Lipinski definition) is 2. The fourth-order valence-electron chi connectivity index (χ4n) is 1.81. The number of amides is 1. The zero-order valence-corrected chi connectivity index (χ0v) is 13.3. The second-order valence-corrected chi connectivity index (χ2v) is 5.79. The minimum atomic E-state index is -0.169. The fourth-order valence-corrected chi connectivity index (χ4v) is 2.72. The van der Waals surface area contributed by atoms with Crippen LogP contribution in [0.1, 0.15) is 12.0 Å². The van der Waals surface area contributed by atoms with E-state index < -0.39 is 0 Å². The van der Waals surface area contributed by atoms with Gasteiger partial charge in [0.25, 0.3) is 0 Å². The highest BCUT2D eigenvalue weighted by Gasteiger charge is 2.11. The van der Waals surface area contributed by atoms with E-state index in [4.69, 9.17) is 40.5 Å². The van der Waals surface area contributed by atoms with Crippen molar-refractivity contribution in [1.82, 2.24) is 0 Å². The Labute approximate surface area is 138 Å². The number of hydrogen-bond donors (Lipinski definition) is 2. The van der Waals surface area contributed by atoms with Gasteiger partial charge in [-0.3, -0.25) is 4.79 Å². The molecular formula is C15H13Cl3N2O. The quantitative estimate of drug-likeness (QED) is 0.783. The van der Waals surface area contributed by atoms with Gasteiger partial charge in [0.05, 0.1) is 15.7 Å². The topological polar surface area (TPSA) is 55.1 Å². The predicted molar refractivity (Wildman–Crippen MR) is 89.3 cm³/mol. The van der Waals surface area contributed by atoms with Gasteiger partial charge in [0.2, 0.25) is 5.91 Å². The Kier molecular flexibility index (Phi) is 5.34. The molecule has 0 radical (unpaired) electrons. The lowest BCUT2D eigenvalue weighted by atomic mass is 10.1. The molecule has 3 nitrogen and oxygen atoms in total. The maximum Gasteiger partial charge on any atom is 0.224 e. The molecule has 21 heavy (non-hydrogen) atoms. The van der Waals surface area contributed by atoms with E-state index in [-0.39, 0.29) is 5.91 Å². The highest BCUT2D eigenvalue weighted by molar-refractivity contribution is 6.42. The van der Waals surface area contributed by atoms with Crippen LogP contribution >= 0.6 is 34.8 Å².